The number of methoxy groups -OCH3 is 1. The number of pyridine rings is 1. The molecule has 2 aromatic rings. The summed E-state index contributed by atoms with van der Waals surface area (Å²) >= 11 is 0. The van der Waals surface area contributed by atoms with Gasteiger partial charge in [0.15, 0.2) is 5.65 Å². The van der Waals surface area contributed by atoms with Crippen molar-refractivity contribution < 1.29 is 14.3 Å². The zero-order valence-electron chi connectivity index (χ0n) is 14.3. The fraction of sp³-hybridized carbons (Fsp3) is 0.529. The number of hydrogen-bond acceptors (Lipinski definition) is 5. The van der Waals surface area contributed by atoms with Crippen molar-refractivity contribution in [2.45, 2.75) is 26.2 Å². The molecular weight excluding hydrogens is 308 g/mol. The molecule has 2 aromatic heterocycles. The Hall–Kier alpha value is -2.44. The fourth-order valence-corrected chi connectivity index (χ4v) is 3.44. The Morgan fingerprint density at radius 1 is 1.38 bits per heavy atom. The van der Waals surface area contributed by atoms with E-state index in [1.807, 2.05) is 18.5 Å². The van der Waals surface area contributed by atoms with Crippen molar-refractivity contribution in [3.05, 3.63) is 24.2 Å². The number of aromatic nitrogens is 3. The molecule has 1 fully saturated rings. The summed E-state index contributed by atoms with van der Waals surface area (Å²) in [5.74, 6) is -0.350. The number of piperidine rings is 1. The molecule has 1 amide bonds. The van der Waals surface area contributed by atoms with Crippen LogP contribution in [0.5, 0.6) is 0 Å². The third-order valence-corrected chi connectivity index (χ3v) is 4.96. The van der Waals surface area contributed by atoms with Crippen LogP contribution in [-0.2, 0) is 16.6 Å². The van der Waals surface area contributed by atoms with Crippen molar-refractivity contribution >= 4 is 23.0 Å². The SMILES string of the molecule is CCC1(C(=O)OC)CCCN(C(=O)c2cnc3c(c2)ncn3C)C1. The van der Waals surface area contributed by atoms with E-state index in [0.29, 0.717) is 30.6 Å². The second-order valence-electron chi connectivity index (χ2n) is 6.38. The molecule has 1 aliphatic heterocycles. The summed E-state index contributed by atoms with van der Waals surface area (Å²) in [6.07, 6.45) is 5.44. The van der Waals surface area contributed by atoms with Crippen LogP contribution in [0.2, 0.25) is 0 Å². The van der Waals surface area contributed by atoms with Crippen LogP contribution in [0, 0.1) is 5.41 Å². The average molecular weight is 330 g/mol. The monoisotopic (exact) mass is 330 g/mol. The number of esters is 1. The molecule has 24 heavy (non-hydrogen) atoms. The second-order valence-corrected chi connectivity index (χ2v) is 6.38. The predicted octanol–water partition coefficient (Wildman–Crippen LogP) is 1.77. The maximum absolute atomic E-state index is 12.9. The van der Waals surface area contributed by atoms with E-state index in [1.165, 1.54) is 7.11 Å². The molecule has 0 saturated carbocycles. The smallest absolute Gasteiger partial charge is 0.313 e. The quantitative estimate of drug-likeness (QED) is 0.802. The summed E-state index contributed by atoms with van der Waals surface area (Å²) in [5.41, 5.74) is 1.32. The lowest BCUT2D eigenvalue weighted by Gasteiger charge is -2.40. The van der Waals surface area contributed by atoms with Crippen LogP contribution in [0.25, 0.3) is 11.2 Å². The fourth-order valence-electron chi connectivity index (χ4n) is 3.44. The number of hydrogen-bond donors (Lipinski definition) is 0. The molecule has 0 spiro atoms. The van der Waals surface area contributed by atoms with E-state index in [9.17, 15) is 9.59 Å². The molecule has 0 N–H and O–H groups in total. The van der Waals surface area contributed by atoms with E-state index in [1.54, 1.807) is 23.5 Å². The first-order valence-electron chi connectivity index (χ1n) is 8.15. The van der Waals surface area contributed by atoms with Crippen molar-refractivity contribution in [3.8, 4) is 0 Å². The molecule has 1 unspecified atom stereocenters. The molecule has 3 rings (SSSR count). The van der Waals surface area contributed by atoms with Gasteiger partial charge in [-0.15, -0.1) is 0 Å². The summed E-state index contributed by atoms with van der Waals surface area (Å²) in [6.45, 7) is 2.99. The van der Waals surface area contributed by atoms with E-state index in [-0.39, 0.29) is 11.9 Å². The number of aryl methyl sites for hydroxylation is 1. The zero-order chi connectivity index (χ0) is 17.3. The molecule has 0 aromatic carbocycles. The van der Waals surface area contributed by atoms with Crippen molar-refractivity contribution in [2.75, 3.05) is 20.2 Å². The number of ether oxygens (including phenoxy) is 1. The first-order chi connectivity index (χ1) is 11.5. The third-order valence-electron chi connectivity index (χ3n) is 4.96. The molecular formula is C17H22N4O3. The standard InChI is InChI=1S/C17H22N4O3/c1-4-17(16(23)24-3)6-5-7-21(10-17)15(22)12-8-13-14(18-9-12)20(2)11-19-13/h8-9,11H,4-7,10H2,1-3H3. The Morgan fingerprint density at radius 3 is 2.88 bits per heavy atom. The van der Waals surface area contributed by atoms with Gasteiger partial charge in [-0.2, -0.15) is 0 Å². The van der Waals surface area contributed by atoms with Gasteiger partial charge >= 0.3 is 5.97 Å². The number of fused-ring (bicyclic) bond motifs is 1. The maximum Gasteiger partial charge on any atom is 0.313 e. The van der Waals surface area contributed by atoms with Crippen LogP contribution in [-0.4, -0.2) is 51.5 Å². The van der Waals surface area contributed by atoms with Gasteiger partial charge < -0.3 is 14.2 Å². The summed E-state index contributed by atoms with van der Waals surface area (Å²) in [7, 11) is 3.26. The van der Waals surface area contributed by atoms with Crippen LogP contribution < -0.4 is 0 Å². The summed E-state index contributed by atoms with van der Waals surface area (Å²) in [4.78, 5) is 35.4. The van der Waals surface area contributed by atoms with Crippen molar-refractivity contribution in [1.29, 1.82) is 0 Å². The molecule has 0 radical (unpaired) electrons. The van der Waals surface area contributed by atoms with Crippen molar-refractivity contribution in [3.63, 3.8) is 0 Å². The summed E-state index contributed by atoms with van der Waals surface area (Å²) in [5, 5.41) is 0. The molecule has 3 heterocycles. The zero-order valence-corrected chi connectivity index (χ0v) is 14.3. The highest BCUT2D eigenvalue weighted by atomic mass is 16.5. The molecule has 7 heteroatoms. The Kier molecular flexibility index (Phi) is 4.26. The molecule has 1 aliphatic rings. The van der Waals surface area contributed by atoms with E-state index in [0.717, 1.165) is 18.5 Å². The van der Waals surface area contributed by atoms with Crippen LogP contribution in [0.15, 0.2) is 18.6 Å². The average Bonchev–Trinajstić information content (AvgIpc) is 3.00. The van der Waals surface area contributed by atoms with E-state index in [2.05, 4.69) is 9.97 Å². The predicted molar refractivity (Wildman–Crippen MR) is 88.4 cm³/mol. The van der Waals surface area contributed by atoms with Gasteiger partial charge in [0, 0.05) is 26.3 Å². The maximum atomic E-state index is 12.9. The van der Waals surface area contributed by atoms with Gasteiger partial charge in [-0.3, -0.25) is 9.59 Å². The number of imidazole rings is 1. The van der Waals surface area contributed by atoms with Gasteiger partial charge in [0.2, 0.25) is 0 Å². The van der Waals surface area contributed by atoms with E-state index in [4.69, 9.17) is 4.74 Å². The van der Waals surface area contributed by atoms with E-state index >= 15 is 0 Å². The topological polar surface area (TPSA) is 77.3 Å². The minimum Gasteiger partial charge on any atom is -0.469 e. The molecule has 0 aliphatic carbocycles. The number of carbonyl (C=O) groups excluding carboxylic acids is 2. The number of nitrogens with zero attached hydrogens (tertiary/aromatic N) is 4. The van der Waals surface area contributed by atoms with Crippen molar-refractivity contribution in [2.24, 2.45) is 12.5 Å². The number of amides is 1. The highest BCUT2D eigenvalue weighted by Gasteiger charge is 2.43. The Bertz CT molecular complexity index is 785. The van der Waals surface area contributed by atoms with Crippen molar-refractivity contribution in [1.82, 2.24) is 19.4 Å². The summed E-state index contributed by atoms with van der Waals surface area (Å²) in [6, 6.07) is 1.76. The number of rotatable bonds is 3. The first-order valence-corrected chi connectivity index (χ1v) is 8.15. The normalized spacial score (nSPS) is 21.0. The second kappa shape index (κ2) is 6.22. The molecule has 128 valence electrons. The Balaban J connectivity index is 1.86. The van der Waals surface area contributed by atoms with Gasteiger partial charge in [0.25, 0.3) is 5.91 Å². The van der Waals surface area contributed by atoms with Gasteiger partial charge in [-0.25, -0.2) is 9.97 Å². The third kappa shape index (κ3) is 2.64. The van der Waals surface area contributed by atoms with E-state index < -0.39 is 5.41 Å². The molecule has 1 saturated heterocycles. The van der Waals surface area contributed by atoms with Gasteiger partial charge in [0.05, 0.1) is 24.4 Å². The number of carbonyl (C=O) groups is 2. The lowest BCUT2D eigenvalue weighted by atomic mass is 9.77. The Morgan fingerprint density at radius 2 is 2.17 bits per heavy atom. The lowest BCUT2D eigenvalue weighted by Crippen LogP contribution is -2.50. The molecule has 7 nitrogen and oxygen atoms in total. The Labute approximate surface area is 140 Å². The van der Waals surface area contributed by atoms with Crippen LogP contribution in [0.3, 0.4) is 0 Å². The largest absolute Gasteiger partial charge is 0.469 e. The van der Waals surface area contributed by atoms with Crippen LogP contribution in [0.4, 0.5) is 0 Å². The highest BCUT2D eigenvalue weighted by molar-refractivity contribution is 5.96. The molecule has 0 bridgehead atoms. The van der Waals surface area contributed by atoms with Crippen LogP contribution >= 0.6 is 0 Å². The minimum atomic E-state index is -0.606. The molecule has 1 atom stereocenters. The summed E-state index contributed by atoms with van der Waals surface area (Å²) < 4.78 is 6.79. The van der Waals surface area contributed by atoms with Gasteiger partial charge in [0.1, 0.15) is 5.52 Å². The van der Waals surface area contributed by atoms with Gasteiger partial charge in [-0.1, -0.05) is 6.92 Å². The number of likely N-dealkylation sites (tertiary alicyclic amines) is 1. The lowest BCUT2D eigenvalue weighted by molar-refractivity contribution is -0.156. The van der Waals surface area contributed by atoms with Crippen LogP contribution in [0.1, 0.15) is 36.5 Å². The minimum absolute atomic E-state index is 0.114. The first kappa shape index (κ1) is 16.4. The van der Waals surface area contributed by atoms with Gasteiger partial charge in [-0.05, 0) is 25.3 Å². The highest BCUT2D eigenvalue weighted by Crippen LogP contribution is 2.35.